The zero-order chi connectivity index (χ0) is 20.0. The lowest BCUT2D eigenvalue weighted by Gasteiger charge is -2.31. The molecule has 4 nitrogen and oxygen atoms in total. The van der Waals surface area contributed by atoms with Crippen LogP contribution in [0, 0.1) is 6.92 Å². The Labute approximate surface area is 170 Å². The number of nitrogens with one attached hydrogen (secondary N) is 1. The number of carbonyl (C=O) groups excluding carboxylic acids is 2. The van der Waals surface area contributed by atoms with E-state index < -0.39 is 6.04 Å². The Kier molecular flexibility index (Phi) is 7.69. The fraction of sp³-hybridized carbons (Fsp3) is 0.333. The zero-order valence-corrected chi connectivity index (χ0v) is 17.3. The van der Waals surface area contributed by atoms with Gasteiger partial charge in [-0.3, -0.25) is 9.59 Å². The molecule has 0 aliphatic carbocycles. The van der Waals surface area contributed by atoms with E-state index in [-0.39, 0.29) is 24.8 Å². The highest BCUT2D eigenvalue weighted by atomic mass is 35.5. The van der Waals surface area contributed by atoms with Crippen molar-refractivity contribution >= 4 is 35.0 Å². The van der Waals surface area contributed by atoms with Gasteiger partial charge in [-0.1, -0.05) is 66.0 Å². The molecule has 0 unspecified atom stereocenters. The highest BCUT2D eigenvalue weighted by Crippen LogP contribution is 2.27. The first-order valence-corrected chi connectivity index (χ1v) is 9.62. The lowest BCUT2D eigenvalue weighted by atomic mass is 10.1. The Morgan fingerprint density at radius 1 is 1.07 bits per heavy atom. The van der Waals surface area contributed by atoms with E-state index >= 15 is 0 Å². The summed E-state index contributed by atoms with van der Waals surface area (Å²) in [7, 11) is 1.57. The van der Waals surface area contributed by atoms with Gasteiger partial charge >= 0.3 is 0 Å². The number of aryl methyl sites for hydroxylation is 1. The summed E-state index contributed by atoms with van der Waals surface area (Å²) in [4.78, 5) is 27.0. The van der Waals surface area contributed by atoms with Crippen molar-refractivity contribution in [3.8, 4) is 0 Å². The standard InChI is InChI=1S/C21H24Cl2N2O2/c1-4-19(21(27)24-3)25(13-16-17(22)6-5-7-18(16)23)20(26)12-15-10-8-14(2)9-11-15/h5-11,19H,4,12-13H2,1-3H3,(H,24,27)/t19-/m1/s1. The zero-order valence-electron chi connectivity index (χ0n) is 15.8. The van der Waals surface area contributed by atoms with Crippen LogP contribution >= 0.6 is 23.2 Å². The van der Waals surface area contributed by atoms with Gasteiger partial charge in [0.15, 0.2) is 0 Å². The van der Waals surface area contributed by atoms with Crippen molar-refractivity contribution in [1.29, 1.82) is 0 Å². The predicted octanol–water partition coefficient (Wildman–Crippen LogP) is 4.40. The Balaban J connectivity index is 2.34. The maximum Gasteiger partial charge on any atom is 0.242 e. The van der Waals surface area contributed by atoms with Crippen molar-refractivity contribution in [2.45, 2.75) is 39.3 Å². The number of amides is 2. The van der Waals surface area contributed by atoms with Gasteiger partial charge in [0, 0.05) is 29.2 Å². The molecule has 144 valence electrons. The smallest absolute Gasteiger partial charge is 0.242 e. The van der Waals surface area contributed by atoms with Crippen molar-refractivity contribution < 1.29 is 9.59 Å². The Morgan fingerprint density at radius 3 is 2.19 bits per heavy atom. The van der Waals surface area contributed by atoms with Crippen LogP contribution in [0.25, 0.3) is 0 Å². The number of rotatable bonds is 7. The summed E-state index contributed by atoms with van der Waals surface area (Å²) in [5.41, 5.74) is 2.66. The van der Waals surface area contributed by atoms with Crippen molar-refractivity contribution in [3.63, 3.8) is 0 Å². The predicted molar refractivity (Wildman–Crippen MR) is 110 cm³/mol. The molecule has 27 heavy (non-hydrogen) atoms. The Hall–Kier alpha value is -2.04. The molecule has 6 heteroatoms. The van der Waals surface area contributed by atoms with E-state index in [4.69, 9.17) is 23.2 Å². The molecule has 0 saturated carbocycles. The highest BCUT2D eigenvalue weighted by molar-refractivity contribution is 6.36. The molecule has 0 aliphatic rings. The Bertz CT molecular complexity index is 786. The van der Waals surface area contributed by atoms with Crippen molar-refractivity contribution in [2.24, 2.45) is 0 Å². The van der Waals surface area contributed by atoms with Gasteiger partial charge in [0.05, 0.1) is 6.42 Å². The molecule has 0 saturated heterocycles. The van der Waals surface area contributed by atoms with Crippen molar-refractivity contribution in [1.82, 2.24) is 10.2 Å². The average molecular weight is 407 g/mol. The summed E-state index contributed by atoms with van der Waals surface area (Å²) >= 11 is 12.6. The molecule has 0 fully saturated rings. The third-order valence-electron chi connectivity index (χ3n) is 4.50. The number of carbonyl (C=O) groups is 2. The van der Waals surface area contributed by atoms with Gasteiger partial charge in [0.2, 0.25) is 11.8 Å². The first kappa shape index (κ1) is 21.3. The summed E-state index contributed by atoms with van der Waals surface area (Å²) in [6, 6.07) is 12.4. The van der Waals surface area contributed by atoms with Crippen LogP contribution in [0.5, 0.6) is 0 Å². The molecular formula is C21H24Cl2N2O2. The van der Waals surface area contributed by atoms with Gasteiger partial charge in [-0.2, -0.15) is 0 Å². The summed E-state index contributed by atoms with van der Waals surface area (Å²) in [6.45, 7) is 4.05. The maximum atomic E-state index is 13.1. The van der Waals surface area contributed by atoms with E-state index in [0.717, 1.165) is 11.1 Å². The quantitative estimate of drug-likeness (QED) is 0.740. The van der Waals surface area contributed by atoms with E-state index in [1.165, 1.54) is 0 Å². The monoisotopic (exact) mass is 406 g/mol. The van der Waals surface area contributed by atoms with Crippen LogP contribution in [0.3, 0.4) is 0 Å². The molecular weight excluding hydrogens is 383 g/mol. The van der Waals surface area contributed by atoms with Gasteiger partial charge < -0.3 is 10.2 Å². The normalized spacial score (nSPS) is 11.7. The largest absolute Gasteiger partial charge is 0.357 e. The second-order valence-corrected chi connectivity index (χ2v) is 7.24. The van der Waals surface area contributed by atoms with Crippen LogP contribution in [-0.2, 0) is 22.6 Å². The fourth-order valence-electron chi connectivity index (χ4n) is 2.92. The number of likely N-dealkylation sites (N-methyl/N-ethyl adjacent to an activating group) is 1. The molecule has 0 radical (unpaired) electrons. The second-order valence-electron chi connectivity index (χ2n) is 6.42. The summed E-state index contributed by atoms with van der Waals surface area (Å²) in [5, 5.41) is 3.59. The van der Waals surface area contributed by atoms with Gasteiger partial charge in [-0.15, -0.1) is 0 Å². The topological polar surface area (TPSA) is 49.4 Å². The Morgan fingerprint density at radius 2 is 1.67 bits per heavy atom. The third kappa shape index (κ3) is 5.47. The van der Waals surface area contributed by atoms with Crippen LogP contribution in [0.2, 0.25) is 10.0 Å². The minimum absolute atomic E-state index is 0.148. The first-order valence-electron chi connectivity index (χ1n) is 8.86. The summed E-state index contributed by atoms with van der Waals surface area (Å²) in [6.07, 6.45) is 0.692. The molecule has 0 aliphatic heterocycles. The summed E-state index contributed by atoms with van der Waals surface area (Å²) in [5.74, 6) is -0.358. The van der Waals surface area contributed by atoms with Crippen molar-refractivity contribution in [3.05, 3.63) is 69.2 Å². The minimum atomic E-state index is -0.597. The van der Waals surface area contributed by atoms with Gasteiger partial charge in [-0.05, 0) is 31.0 Å². The number of hydrogen-bond donors (Lipinski definition) is 1. The molecule has 2 rings (SSSR count). The van der Waals surface area contributed by atoms with Crippen LogP contribution in [-0.4, -0.2) is 29.8 Å². The second kappa shape index (κ2) is 9.77. The highest BCUT2D eigenvalue weighted by Gasteiger charge is 2.29. The molecule has 0 aromatic heterocycles. The molecule has 0 heterocycles. The van der Waals surface area contributed by atoms with E-state index in [0.29, 0.717) is 22.0 Å². The van der Waals surface area contributed by atoms with Gasteiger partial charge in [-0.25, -0.2) is 0 Å². The SMILES string of the molecule is CC[C@H](C(=O)NC)N(Cc1c(Cl)cccc1Cl)C(=O)Cc1ccc(C)cc1. The van der Waals surface area contributed by atoms with Gasteiger partial charge in [0.1, 0.15) is 6.04 Å². The van der Waals surface area contributed by atoms with Crippen LogP contribution < -0.4 is 5.32 Å². The number of benzene rings is 2. The average Bonchev–Trinajstić information content (AvgIpc) is 2.65. The number of hydrogen-bond acceptors (Lipinski definition) is 2. The van der Waals surface area contributed by atoms with Crippen LogP contribution in [0.15, 0.2) is 42.5 Å². The third-order valence-corrected chi connectivity index (χ3v) is 5.21. The molecule has 2 aromatic carbocycles. The van der Waals surface area contributed by atoms with E-state index in [9.17, 15) is 9.59 Å². The molecule has 2 amide bonds. The van der Waals surface area contributed by atoms with Crippen molar-refractivity contribution in [2.75, 3.05) is 7.05 Å². The van der Waals surface area contributed by atoms with Crippen LogP contribution in [0.4, 0.5) is 0 Å². The molecule has 1 atom stereocenters. The fourth-order valence-corrected chi connectivity index (χ4v) is 3.44. The van der Waals surface area contributed by atoms with Crippen LogP contribution in [0.1, 0.15) is 30.0 Å². The lowest BCUT2D eigenvalue weighted by Crippen LogP contribution is -2.48. The lowest BCUT2D eigenvalue weighted by molar-refractivity contribution is -0.140. The summed E-state index contributed by atoms with van der Waals surface area (Å²) < 4.78 is 0. The molecule has 0 bridgehead atoms. The molecule has 2 aromatic rings. The molecule has 0 spiro atoms. The van der Waals surface area contributed by atoms with E-state index in [2.05, 4.69) is 5.32 Å². The molecule has 1 N–H and O–H groups in total. The first-order chi connectivity index (χ1) is 12.9. The van der Waals surface area contributed by atoms with E-state index in [1.54, 1.807) is 30.1 Å². The minimum Gasteiger partial charge on any atom is -0.357 e. The number of nitrogens with zero attached hydrogens (tertiary/aromatic N) is 1. The van der Waals surface area contributed by atoms with E-state index in [1.807, 2.05) is 38.1 Å². The van der Waals surface area contributed by atoms with Gasteiger partial charge in [0.25, 0.3) is 0 Å². The maximum absolute atomic E-state index is 13.1. The number of halogens is 2.